The molecule has 2 N–H and O–H groups in total. The molecule has 2 aromatic carbocycles. The van der Waals surface area contributed by atoms with Gasteiger partial charge in [-0.15, -0.1) is 0 Å². The van der Waals surface area contributed by atoms with Crippen molar-refractivity contribution in [2.75, 3.05) is 25.1 Å². The molecule has 6 heteroatoms. The molecule has 0 radical (unpaired) electrons. The van der Waals surface area contributed by atoms with E-state index in [0.29, 0.717) is 17.7 Å². The average molecular weight is 542 g/mol. The van der Waals surface area contributed by atoms with Gasteiger partial charge in [0.2, 0.25) is 0 Å². The highest BCUT2D eigenvalue weighted by Crippen LogP contribution is 2.20. The van der Waals surface area contributed by atoms with Crippen molar-refractivity contribution in [3.8, 4) is 0 Å². The Hall–Kier alpha value is -2.71. The number of aliphatic hydroxyl groups is 1. The van der Waals surface area contributed by atoms with Crippen molar-refractivity contribution in [3.05, 3.63) is 93.1 Å². The van der Waals surface area contributed by atoms with Crippen LogP contribution in [-0.2, 0) is 4.79 Å². The predicted molar refractivity (Wildman–Crippen MR) is 138 cm³/mol. The molecular formula is C26H27IN2O3. The minimum Gasteiger partial charge on any atom is -0.395 e. The lowest BCUT2D eigenvalue weighted by Crippen LogP contribution is -2.38. The number of amides is 1. The third-order valence-electron chi connectivity index (χ3n) is 5.36. The normalized spacial score (nSPS) is 17.8. The Labute approximate surface area is 202 Å². The molecule has 32 heavy (non-hydrogen) atoms. The fraction of sp³-hybridized carbons (Fsp3) is 0.231. The molecule has 0 aliphatic heterocycles. The number of likely N-dealkylation sites (N-methyl/N-ethyl adjacent to an activating group) is 1. The van der Waals surface area contributed by atoms with E-state index in [0.717, 1.165) is 14.8 Å². The van der Waals surface area contributed by atoms with Crippen LogP contribution in [0.5, 0.6) is 0 Å². The van der Waals surface area contributed by atoms with Crippen LogP contribution in [0.15, 0.2) is 78.4 Å². The van der Waals surface area contributed by atoms with Gasteiger partial charge in [-0.1, -0.05) is 49.4 Å². The van der Waals surface area contributed by atoms with Crippen LogP contribution >= 0.6 is 22.6 Å². The number of hydrogen-bond acceptors (Lipinski definition) is 4. The predicted octanol–water partition coefficient (Wildman–Crippen LogP) is 4.23. The van der Waals surface area contributed by atoms with Gasteiger partial charge in [0.15, 0.2) is 5.78 Å². The summed E-state index contributed by atoms with van der Waals surface area (Å²) in [5.41, 5.74) is 3.18. The molecule has 0 fully saturated rings. The van der Waals surface area contributed by atoms with E-state index in [1.54, 1.807) is 24.3 Å². The summed E-state index contributed by atoms with van der Waals surface area (Å²) >= 11 is 2.18. The number of anilines is 1. The van der Waals surface area contributed by atoms with Gasteiger partial charge in [0, 0.05) is 34.0 Å². The molecule has 2 aromatic rings. The highest BCUT2D eigenvalue weighted by molar-refractivity contribution is 14.1. The largest absolute Gasteiger partial charge is 0.395 e. The van der Waals surface area contributed by atoms with Gasteiger partial charge in [-0.05, 0) is 70.5 Å². The molecule has 0 saturated heterocycles. The van der Waals surface area contributed by atoms with Gasteiger partial charge in [0.1, 0.15) is 0 Å². The zero-order valence-corrected chi connectivity index (χ0v) is 20.3. The second-order valence-corrected chi connectivity index (χ2v) is 9.03. The first-order chi connectivity index (χ1) is 15.4. The Morgan fingerprint density at radius 1 is 1.19 bits per heavy atom. The molecule has 1 aliphatic rings. The Morgan fingerprint density at radius 2 is 1.94 bits per heavy atom. The number of nitrogens with one attached hydrogen (secondary N) is 1. The molecule has 5 nitrogen and oxygen atoms in total. The van der Waals surface area contributed by atoms with Gasteiger partial charge in [0.25, 0.3) is 5.91 Å². The number of aliphatic hydroxyl groups excluding tert-OH is 1. The molecule has 1 aliphatic carbocycles. The van der Waals surface area contributed by atoms with Crippen molar-refractivity contribution in [1.82, 2.24) is 5.32 Å². The summed E-state index contributed by atoms with van der Waals surface area (Å²) in [6, 6.07) is 15.1. The number of hydrogen-bond donors (Lipinski definition) is 2. The molecule has 3 rings (SSSR count). The van der Waals surface area contributed by atoms with Gasteiger partial charge in [-0.3, -0.25) is 9.59 Å². The fourth-order valence-electron chi connectivity index (χ4n) is 3.42. The SMILES string of the molecule is CC1C=C(C(=O)/C=C/c2ccc(N(C)CCO)cc2)C=CC1NC(=O)c1cccc(I)c1. The summed E-state index contributed by atoms with van der Waals surface area (Å²) in [5, 5.41) is 12.1. The molecule has 1 amide bonds. The Bertz CT molecular complexity index is 1060. The number of rotatable bonds is 8. The summed E-state index contributed by atoms with van der Waals surface area (Å²) in [5.74, 6) is -0.196. The number of ketones is 1. The maximum absolute atomic E-state index is 12.6. The maximum Gasteiger partial charge on any atom is 0.251 e. The lowest BCUT2D eigenvalue weighted by atomic mass is 9.91. The molecule has 166 valence electrons. The summed E-state index contributed by atoms with van der Waals surface area (Å²) in [6.45, 7) is 2.66. The molecule has 2 atom stereocenters. The van der Waals surface area contributed by atoms with Gasteiger partial charge in [-0.25, -0.2) is 0 Å². The number of halogens is 1. The summed E-state index contributed by atoms with van der Waals surface area (Å²) < 4.78 is 1.01. The van der Waals surface area contributed by atoms with Crippen LogP contribution in [0.4, 0.5) is 5.69 Å². The average Bonchev–Trinajstić information content (AvgIpc) is 2.79. The van der Waals surface area contributed by atoms with Crippen LogP contribution in [-0.4, -0.2) is 43.0 Å². The van der Waals surface area contributed by atoms with E-state index in [-0.39, 0.29) is 30.3 Å². The fourth-order valence-corrected chi connectivity index (χ4v) is 3.96. The third-order valence-corrected chi connectivity index (χ3v) is 6.03. The Balaban J connectivity index is 1.59. The van der Waals surface area contributed by atoms with Crippen molar-refractivity contribution in [3.63, 3.8) is 0 Å². The molecule has 0 bridgehead atoms. The minimum absolute atomic E-state index is 0.000398. The first-order valence-corrected chi connectivity index (χ1v) is 11.6. The number of nitrogens with zero attached hydrogens (tertiary/aromatic N) is 1. The lowest BCUT2D eigenvalue weighted by molar-refractivity contribution is -0.111. The topological polar surface area (TPSA) is 69.6 Å². The second kappa shape index (κ2) is 11.2. The van der Waals surface area contributed by atoms with Crippen molar-refractivity contribution in [2.24, 2.45) is 5.92 Å². The standard InChI is InChI=1S/C26H27IN2O3/c1-18-16-20(9-12-24(18)28-26(32)21-4-3-5-22(27)17-21)25(31)13-8-19-6-10-23(11-7-19)29(2)14-15-30/h3-13,16-18,24,30H,14-15H2,1-2H3,(H,28,32)/b13-8+. The van der Waals surface area contributed by atoms with E-state index in [1.807, 2.05) is 73.5 Å². The smallest absolute Gasteiger partial charge is 0.251 e. The summed E-state index contributed by atoms with van der Waals surface area (Å²) in [6.07, 6.45) is 8.92. The maximum atomic E-state index is 12.6. The first kappa shape index (κ1) is 23.9. The van der Waals surface area contributed by atoms with E-state index in [2.05, 4.69) is 27.9 Å². The highest BCUT2D eigenvalue weighted by Gasteiger charge is 2.21. The Morgan fingerprint density at radius 3 is 2.59 bits per heavy atom. The molecule has 0 aromatic heterocycles. The monoisotopic (exact) mass is 542 g/mol. The summed E-state index contributed by atoms with van der Waals surface area (Å²) in [4.78, 5) is 27.1. The van der Waals surface area contributed by atoms with Gasteiger partial charge in [0.05, 0.1) is 12.6 Å². The molecule has 2 unspecified atom stereocenters. The van der Waals surface area contributed by atoms with Crippen LogP contribution in [0, 0.1) is 9.49 Å². The van der Waals surface area contributed by atoms with E-state index in [1.165, 1.54) is 0 Å². The summed E-state index contributed by atoms with van der Waals surface area (Å²) in [7, 11) is 1.92. The second-order valence-electron chi connectivity index (χ2n) is 7.78. The van der Waals surface area contributed by atoms with Crippen LogP contribution in [0.3, 0.4) is 0 Å². The van der Waals surface area contributed by atoms with Crippen molar-refractivity contribution in [1.29, 1.82) is 0 Å². The van der Waals surface area contributed by atoms with E-state index < -0.39 is 0 Å². The van der Waals surface area contributed by atoms with Crippen LogP contribution in [0.1, 0.15) is 22.8 Å². The zero-order valence-electron chi connectivity index (χ0n) is 18.2. The molecule has 0 heterocycles. The lowest BCUT2D eigenvalue weighted by Gasteiger charge is -2.23. The van der Waals surface area contributed by atoms with Crippen LogP contribution in [0.2, 0.25) is 0 Å². The number of carbonyl (C=O) groups excluding carboxylic acids is 2. The molecule has 0 saturated carbocycles. The molecule has 0 spiro atoms. The molecular weight excluding hydrogens is 515 g/mol. The highest BCUT2D eigenvalue weighted by atomic mass is 127. The van der Waals surface area contributed by atoms with E-state index in [9.17, 15) is 9.59 Å². The number of allylic oxidation sites excluding steroid dienone is 3. The van der Waals surface area contributed by atoms with Crippen molar-refractivity contribution < 1.29 is 14.7 Å². The quantitative estimate of drug-likeness (QED) is 0.387. The first-order valence-electron chi connectivity index (χ1n) is 10.5. The van der Waals surface area contributed by atoms with Crippen LogP contribution < -0.4 is 10.2 Å². The van der Waals surface area contributed by atoms with Gasteiger partial charge >= 0.3 is 0 Å². The minimum atomic E-state index is -0.163. The van der Waals surface area contributed by atoms with Gasteiger partial charge < -0.3 is 15.3 Å². The zero-order chi connectivity index (χ0) is 23.1. The van der Waals surface area contributed by atoms with Crippen molar-refractivity contribution >= 4 is 46.0 Å². The van der Waals surface area contributed by atoms with Crippen LogP contribution in [0.25, 0.3) is 6.08 Å². The third kappa shape index (κ3) is 6.40. The number of carbonyl (C=O) groups is 2. The van der Waals surface area contributed by atoms with Crippen molar-refractivity contribution in [2.45, 2.75) is 13.0 Å². The van der Waals surface area contributed by atoms with E-state index in [4.69, 9.17) is 5.11 Å². The van der Waals surface area contributed by atoms with Gasteiger partial charge in [-0.2, -0.15) is 0 Å². The number of benzene rings is 2. The Kier molecular flexibility index (Phi) is 8.41. The van der Waals surface area contributed by atoms with E-state index >= 15 is 0 Å².